The molecule has 1 aliphatic rings. The number of unbranched alkanes of at least 4 members (excludes halogenated alkanes) is 4. The molecule has 0 saturated carbocycles. The second kappa shape index (κ2) is 19.3. The summed E-state index contributed by atoms with van der Waals surface area (Å²) in [6.45, 7) is 3.52. The van der Waals surface area contributed by atoms with Crippen LogP contribution in [0.4, 0.5) is 23.2 Å². The number of aromatic nitrogens is 4. The summed E-state index contributed by atoms with van der Waals surface area (Å²) >= 11 is 5.55. The first-order chi connectivity index (χ1) is 30.7. The van der Waals surface area contributed by atoms with Crippen molar-refractivity contribution in [3.05, 3.63) is 167 Å². The van der Waals surface area contributed by atoms with E-state index in [4.69, 9.17) is 22.3 Å². The molecular formula is C48H44F4N8O3S. The van der Waals surface area contributed by atoms with Gasteiger partial charge in [0.2, 0.25) is 5.91 Å². The smallest absolute Gasteiger partial charge is 0.330 e. The van der Waals surface area contributed by atoms with Gasteiger partial charge in [0, 0.05) is 30.6 Å². The minimum Gasteiger partial charge on any atom is -0.330 e. The lowest BCUT2D eigenvalue weighted by atomic mass is 9.80. The molecule has 1 saturated heterocycles. The molecule has 64 heavy (non-hydrogen) atoms. The minimum absolute atomic E-state index is 0.134. The Morgan fingerprint density at radius 1 is 0.859 bits per heavy atom. The van der Waals surface area contributed by atoms with Crippen LogP contribution in [-0.2, 0) is 39.3 Å². The second-order valence-electron chi connectivity index (χ2n) is 15.9. The number of benzene rings is 4. The van der Waals surface area contributed by atoms with Crippen molar-refractivity contribution in [2.24, 2.45) is 0 Å². The molecule has 0 bridgehead atoms. The van der Waals surface area contributed by atoms with E-state index in [-0.39, 0.29) is 28.8 Å². The highest BCUT2D eigenvalue weighted by Crippen LogP contribution is 2.40. The van der Waals surface area contributed by atoms with Crippen molar-refractivity contribution in [3.8, 4) is 17.3 Å². The summed E-state index contributed by atoms with van der Waals surface area (Å²) in [5.74, 6) is -1.44. The maximum atomic E-state index is 15.6. The third kappa shape index (κ3) is 9.55. The Morgan fingerprint density at radius 2 is 1.45 bits per heavy atom. The highest BCUT2D eigenvalue weighted by atomic mass is 32.1. The average molecular weight is 889 g/mol. The van der Waals surface area contributed by atoms with Crippen LogP contribution in [0, 0.1) is 17.1 Å². The number of alkyl halides is 3. The molecule has 0 radical (unpaired) electrons. The molecule has 7 rings (SSSR count). The van der Waals surface area contributed by atoms with E-state index < -0.39 is 40.3 Å². The molecule has 2 aromatic heterocycles. The number of nitrogens with zero attached hydrogens (tertiary/aromatic N) is 7. The number of anilines is 1. The largest absolute Gasteiger partial charge is 0.419 e. The van der Waals surface area contributed by atoms with Gasteiger partial charge < -0.3 is 4.90 Å². The quantitative estimate of drug-likeness (QED) is 0.0313. The number of hydrogen-bond donors (Lipinski definition) is 1. The lowest BCUT2D eigenvalue weighted by Gasteiger charge is -2.35. The number of amides is 2. The first-order valence-electron chi connectivity index (χ1n) is 20.7. The van der Waals surface area contributed by atoms with Crippen LogP contribution in [0.5, 0.6) is 0 Å². The summed E-state index contributed by atoms with van der Waals surface area (Å²) in [6, 6.07) is 36.1. The van der Waals surface area contributed by atoms with E-state index in [9.17, 15) is 22.8 Å². The fourth-order valence-electron chi connectivity index (χ4n) is 7.72. The summed E-state index contributed by atoms with van der Waals surface area (Å²) in [7, 11) is 0. The van der Waals surface area contributed by atoms with Gasteiger partial charge in [-0.3, -0.25) is 24.0 Å². The van der Waals surface area contributed by atoms with Crippen LogP contribution >= 0.6 is 12.2 Å². The number of thiocarbonyl (C=S) groups is 1. The monoisotopic (exact) mass is 888 g/mol. The van der Waals surface area contributed by atoms with Crippen LogP contribution < -0.4 is 10.4 Å². The Labute approximate surface area is 373 Å². The van der Waals surface area contributed by atoms with E-state index in [1.165, 1.54) is 17.0 Å². The maximum Gasteiger partial charge on any atom is 0.419 e. The van der Waals surface area contributed by atoms with Crippen LogP contribution in [0.15, 0.2) is 128 Å². The molecule has 1 aliphatic heterocycles. The number of hydrogen-bond acceptors (Lipinski definition) is 8. The SMILES string of the molecule is CC1(C)C(=O)N(c2cnc(C#N)c(C(F)(F)F)c2)C(=S)N1Cc1ccc(-c2cn(CCCCCCCC(=O)NOC(c3ccccc3)(c3ccccc3)c3ccccc3)nn2)cc1F. The summed E-state index contributed by atoms with van der Waals surface area (Å²) in [5, 5.41) is 17.4. The first kappa shape index (κ1) is 45.2. The molecule has 4 aromatic carbocycles. The van der Waals surface area contributed by atoms with Gasteiger partial charge in [-0.1, -0.05) is 128 Å². The van der Waals surface area contributed by atoms with Gasteiger partial charge in [-0.15, -0.1) is 5.10 Å². The zero-order chi connectivity index (χ0) is 45.5. The highest BCUT2D eigenvalue weighted by Gasteiger charge is 2.50. The van der Waals surface area contributed by atoms with Crippen molar-refractivity contribution < 1.29 is 32.0 Å². The third-order valence-corrected chi connectivity index (χ3v) is 11.6. The van der Waals surface area contributed by atoms with Crippen molar-refractivity contribution in [1.82, 2.24) is 30.4 Å². The Kier molecular flexibility index (Phi) is 13.6. The van der Waals surface area contributed by atoms with Crippen LogP contribution in [0.3, 0.4) is 0 Å². The van der Waals surface area contributed by atoms with Gasteiger partial charge in [-0.25, -0.2) is 14.9 Å². The highest BCUT2D eigenvalue weighted by molar-refractivity contribution is 7.80. The molecule has 0 atom stereocenters. The number of carbonyl (C=O) groups excluding carboxylic acids is 2. The predicted octanol–water partition coefficient (Wildman–Crippen LogP) is 9.66. The predicted molar refractivity (Wildman–Crippen MR) is 235 cm³/mol. The van der Waals surface area contributed by atoms with E-state index in [2.05, 4.69) is 20.8 Å². The van der Waals surface area contributed by atoms with Crippen molar-refractivity contribution in [2.75, 3.05) is 4.90 Å². The number of nitriles is 1. The lowest BCUT2D eigenvalue weighted by molar-refractivity contribution is -0.143. The van der Waals surface area contributed by atoms with Gasteiger partial charge in [-0.05, 0) is 67.7 Å². The summed E-state index contributed by atoms with van der Waals surface area (Å²) in [5.41, 5.74) is 1.76. The van der Waals surface area contributed by atoms with Gasteiger partial charge in [0.15, 0.2) is 16.4 Å². The number of hydroxylamine groups is 1. The van der Waals surface area contributed by atoms with E-state index in [0.717, 1.165) is 53.5 Å². The van der Waals surface area contributed by atoms with Gasteiger partial charge in [0.25, 0.3) is 5.91 Å². The van der Waals surface area contributed by atoms with Gasteiger partial charge in [0.05, 0.1) is 23.6 Å². The maximum absolute atomic E-state index is 15.6. The Morgan fingerprint density at radius 3 is 2.03 bits per heavy atom. The topological polar surface area (TPSA) is 129 Å². The van der Waals surface area contributed by atoms with Gasteiger partial charge >= 0.3 is 6.18 Å². The molecule has 1 N–H and O–H groups in total. The number of nitrogens with one attached hydrogen (secondary N) is 1. The van der Waals surface area contributed by atoms with E-state index in [1.54, 1.807) is 36.9 Å². The standard InChI is InChI=1S/C48H44F4N8O3S/c1-46(2)44(62)60(38-28-39(48(50,51)52)41(29-53)54-30-38)45(64)59(46)31-34-25-24-33(27-40(34)49)42-32-58(57-55-42)26-16-5-3-4-15-23-43(61)56-63-47(35-17-9-6-10-18-35,36-19-11-7-12-20-36)37-21-13-8-14-22-37/h6-14,17-22,24-25,27-28,30,32H,3-5,15-16,23,26,31H2,1-2H3,(H,56,61). The van der Waals surface area contributed by atoms with E-state index >= 15 is 4.39 Å². The van der Waals surface area contributed by atoms with E-state index in [1.807, 2.05) is 91.0 Å². The third-order valence-electron chi connectivity index (χ3n) is 11.2. The molecule has 2 amide bonds. The molecule has 328 valence electrons. The van der Waals surface area contributed by atoms with Crippen molar-refractivity contribution >= 4 is 34.8 Å². The summed E-state index contributed by atoms with van der Waals surface area (Å²) in [4.78, 5) is 39.0. The lowest BCUT2D eigenvalue weighted by Crippen LogP contribution is -2.43. The average Bonchev–Trinajstić information content (AvgIpc) is 3.84. The molecule has 16 heteroatoms. The number of halogens is 4. The normalized spacial score (nSPS) is 13.9. The van der Waals surface area contributed by atoms with Crippen molar-refractivity contribution in [2.45, 2.75) is 82.8 Å². The Balaban J connectivity index is 0.887. The first-order valence-corrected chi connectivity index (χ1v) is 21.1. The molecule has 6 aromatic rings. The zero-order valence-electron chi connectivity index (χ0n) is 35.1. The van der Waals surface area contributed by atoms with Gasteiger partial charge in [-0.2, -0.15) is 18.4 Å². The molecule has 0 spiro atoms. The van der Waals surface area contributed by atoms with Crippen LogP contribution in [0.1, 0.15) is 85.9 Å². The number of pyridine rings is 1. The number of carbonyl (C=O) groups is 2. The number of aryl methyl sites for hydroxylation is 1. The molecule has 11 nitrogen and oxygen atoms in total. The van der Waals surface area contributed by atoms with Crippen LogP contribution in [-0.4, -0.2) is 47.3 Å². The summed E-state index contributed by atoms with van der Waals surface area (Å²) in [6.07, 6.45) is 2.28. The molecule has 1 fully saturated rings. The fourth-order valence-corrected chi connectivity index (χ4v) is 8.21. The van der Waals surface area contributed by atoms with Crippen molar-refractivity contribution in [1.29, 1.82) is 5.26 Å². The molecule has 3 heterocycles. The Hall–Kier alpha value is -6.83. The van der Waals surface area contributed by atoms with Gasteiger partial charge in [0.1, 0.15) is 23.1 Å². The van der Waals surface area contributed by atoms with Crippen molar-refractivity contribution in [3.63, 3.8) is 0 Å². The minimum atomic E-state index is -4.89. The van der Waals surface area contributed by atoms with Crippen LogP contribution in [0.25, 0.3) is 11.3 Å². The zero-order valence-corrected chi connectivity index (χ0v) is 35.9. The number of rotatable bonds is 17. The Bertz CT molecular complexity index is 2560. The second-order valence-corrected chi connectivity index (χ2v) is 16.2. The summed E-state index contributed by atoms with van der Waals surface area (Å²) < 4.78 is 58.4. The molecule has 0 unspecified atom stereocenters. The van der Waals surface area contributed by atoms with E-state index in [0.29, 0.717) is 36.7 Å². The molecule has 0 aliphatic carbocycles. The molecular weight excluding hydrogens is 845 g/mol. The fraction of sp³-hybridized carbons (Fsp3) is 0.271. The van der Waals surface area contributed by atoms with Crippen LogP contribution in [0.2, 0.25) is 0 Å².